The van der Waals surface area contributed by atoms with Crippen LogP contribution in [0, 0.1) is 5.92 Å². The Morgan fingerprint density at radius 1 is 1.25 bits per heavy atom. The van der Waals surface area contributed by atoms with Crippen LogP contribution in [0.25, 0.3) is 0 Å². The highest BCUT2D eigenvalue weighted by Gasteiger charge is 2.00. The van der Waals surface area contributed by atoms with Crippen LogP contribution in [0.2, 0.25) is 0 Å². The minimum absolute atomic E-state index is 0.916. The van der Waals surface area contributed by atoms with E-state index in [1.54, 1.807) is 0 Å². The van der Waals surface area contributed by atoms with Gasteiger partial charge in [0.05, 0.1) is 0 Å². The van der Waals surface area contributed by atoms with Gasteiger partial charge in [0.15, 0.2) is 0 Å². The van der Waals surface area contributed by atoms with Crippen molar-refractivity contribution in [3.05, 3.63) is 12.2 Å². The van der Waals surface area contributed by atoms with Crippen LogP contribution in [0.1, 0.15) is 59.3 Å². The van der Waals surface area contributed by atoms with E-state index in [1.165, 1.54) is 37.7 Å². The van der Waals surface area contributed by atoms with Crippen LogP contribution in [0.5, 0.6) is 0 Å². The van der Waals surface area contributed by atoms with Crippen LogP contribution in [0.4, 0.5) is 0 Å². The Hall–Kier alpha value is -0.260. The highest BCUT2D eigenvalue weighted by Crippen LogP contribution is 2.16. The summed E-state index contributed by atoms with van der Waals surface area (Å²) in [6.07, 6.45) is 7.84. The van der Waals surface area contributed by atoms with Crippen LogP contribution >= 0.6 is 0 Å². The number of hydrogen-bond acceptors (Lipinski definition) is 0. The second kappa shape index (κ2) is 7.39. The summed E-state index contributed by atoms with van der Waals surface area (Å²) in [5.74, 6) is 0.916. The molecule has 0 fully saturated rings. The van der Waals surface area contributed by atoms with Gasteiger partial charge in [0.25, 0.3) is 0 Å². The average Bonchev–Trinajstić information content (AvgIpc) is 2.04. The first-order chi connectivity index (χ1) is 5.70. The molecule has 0 heteroatoms. The lowest BCUT2D eigenvalue weighted by molar-refractivity contribution is 0.468. The fourth-order valence-electron chi connectivity index (χ4n) is 1.51. The highest BCUT2D eigenvalue weighted by molar-refractivity contribution is 4.91. The maximum Gasteiger partial charge on any atom is -0.0323 e. The van der Waals surface area contributed by atoms with Crippen LogP contribution < -0.4 is 0 Å². The Labute approximate surface area is 78.1 Å². The summed E-state index contributed by atoms with van der Waals surface area (Å²) in [7, 11) is 0. The molecule has 0 aliphatic rings. The van der Waals surface area contributed by atoms with Crippen molar-refractivity contribution in [1.29, 1.82) is 0 Å². The lowest BCUT2D eigenvalue weighted by atomic mass is 9.97. The fourth-order valence-corrected chi connectivity index (χ4v) is 1.51. The van der Waals surface area contributed by atoms with Gasteiger partial charge in [-0.3, -0.25) is 0 Å². The fraction of sp³-hybridized carbons (Fsp3) is 0.833. The van der Waals surface area contributed by atoms with Gasteiger partial charge in [-0.1, -0.05) is 52.2 Å². The summed E-state index contributed by atoms with van der Waals surface area (Å²) in [4.78, 5) is 0. The van der Waals surface area contributed by atoms with Gasteiger partial charge in [-0.05, 0) is 25.2 Å². The Bertz CT molecular complexity index is 113. The second-order valence-corrected chi connectivity index (χ2v) is 3.89. The van der Waals surface area contributed by atoms with E-state index in [0.717, 1.165) is 12.3 Å². The van der Waals surface area contributed by atoms with Crippen molar-refractivity contribution in [3.8, 4) is 0 Å². The third-order valence-corrected chi connectivity index (χ3v) is 2.51. The first kappa shape index (κ1) is 11.7. The molecule has 0 saturated heterocycles. The molecule has 72 valence electrons. The van der Waals surface area contributed by atoms with Crippen molar-refractivity contribution in [3.63, 3.8) is 0 Å². The van der Waals surface area contributed by atoms with Gasteiger partial charge < -0.3 is 0 Å². The van der Waals surface area contributed by atoms with E-state index in [2.05, 4.69) is 27.4 Å². The van der Waals surface area contributed by atoms with Crippen molar-refractivity contribution in [2.24, 2.45) is 5.92 Å². The molecule has 0 aliphatic carbocycles. The molecule has 0 spiro atoms. The maximum absolute atomic E-state index is 4.02. The predicted molar refractivity (Wildman–Crippen MR) is 57.4 cm³/mol. The van der Waals surface area contributed by atoms with Crippen LogP contribution in [-0.4, -0.2) is 0 Å². The minimum atomic E-state index is 0.916. The molecule has 0 aromatic rings. The summed E-state index contributed by atoms with van der Waals surface area (Å²) in [5, 5.41) is 0. The second-order valence-electron chi connectivity index (χ2n) is 3.89. The zero-order valence-electron chi connectivity index (χ0n) is 9.03. The molecule has 0 radical (unpaired) electrons. The Balaban J connectivity index is 3.24. The number of allylic oxidation sites excluding steroid dienone is 1. The Morgan fingerprint density at radius 2 is 1.92 bits per heavy atom. The average molecular weight is 168 g/mol. The third-order valence-electron chi connectivity index (χ3n) is 2.51. The van der Waals surface area contributed by atoms with E-state index >= 15 is 0 Å². The van der Waals surface area contributed by atoms with E-state index in [4.69, 9.17) is 0 Å². The Kier molecular flexibility index (Phi) is 7.23. The molecule has 0 N–H and O–H groups in total. The summed E-state index contributed by atoms with van der Waals surface area (Å²) in [6, 6.07) is 0. The van der Waals surface area contributed by atoms with Gasteiger partial charge in [-0.25, -0.2) is 0 Å². The number of rotatable bonds is 7. The van der Waals surface area contributed by atoms with Gasteiger partial charge >= 0.3 is 0 Å². The van der Waals surface area contributed by atoms with Crippen molar-refractivity contribution < 1.29 is 0 Å². The zero-order valence-corrected chi connectivity index (χ0v) is 9.03. The molecule has 0 aliphatic heterocycles. The topological polar surface area (TPSA) is 0 Å². The van der Waals surface area contributed by atoms with E-state index in [9.17, 15) is 0 Å². The highest BCUT2D eigenvalue weighted by atomic mass is 14.1. The van der Waals surface area contributed by atoms with Crippen molar-refractivity contribution in [2.75, 3.05) is 0 Å². The zero-order chi connectivity index (χ0) is 9.40. The molecule has 0 aromatic heterocycles. The largest absolute Gasteiger partial charge is 0.0999 e. The lowest BCUT2D eigenvalue weighted by Gasteiger charge is -2.09. The summed E-state index contributed by atoms with van der Waals surface area (Å²) in [6.45, 7) is 10.8. The van der Waals surface area contributed by atoms with E-state index in [-0.39, 0.29) is 0 Å². The molecule has 12 heavy (non-hydrogen) atoms. The molecule has 0 amide bonds. The Morgan fingerprint density at radius 3 is 2.42 bits per heavy atom. The van der Waals surface area contributed by atoms with Crippen LogP contribution in [0.3, 0.4) is 0 Å². The molecule has 0 aromatic carbocycles. The molecule has 0 bridgehead atoms. The number of hydrogen-bond donors (Lipinski definition) is 0. The molecule has 0 rings (SSSR count). The smallest absolute Gasteiger partial charge is 0.0323 e. The standard InChI is InChI=1S/C12H24/c1-5-8-12(4)10-7-9-11(3)6-2/h12H,3,5-10H2,1-2,4H3. The van der Waals surface area contributed by atoms with E-state index in [0.29, 0.717) is 0 Å². The third kappa shape index (κ3) is 6.45. The lowest BCUT2D eigenvalue weighted by Crippen LogP contribution is -1.93. The monoisotopic (exact) mass is 168 g/mol. The normalized spacial score (nSPS) is 12.9. The predicted octanol–water partition coefficient (Wildman–Crippen LogP) is 4.56. The summed E-state index contributed by atoms with van der Waals surface area (Å²) >= 11 is 0. The first-order valence-corrected chi connectivity index (χ1v) is 5.37. The van der Waals surface area contributed by atoms with Gasteiger partial charge in [-0.2, -0.15) is 0 Å². The minimum Gasteiger partial charge on any atom is -0.0999 e. The molecule has 1 unspecified atom stereocenters. The molecule has 0 saturated carbocycles. The summed E-state index contributed by atoms with van der Waals surface area (Å²) in [5.41, 5.74) is 1.42. The molecule has 0 nitrogen and oxygen atoms in total. The van der Waals surface area contributed by atoms with Crippen molar-refractivity contribution in [2.45, 2.75) is 59.3 Å². The molecular weight excluding hydrogens is 144 g/mol. The molecule has 1 atom stereocenters. The first-order valence-electron chi connectivity index (χ1n) is 5.37. The van der Waals surface area contributed by atoms with Gasteiger partial charge in [0.1, 0.15) is 0 Å². The van der Waals surface area contributed by atoms with Gasteiger partial charge in [-0.15, -0.1) is 0 Å². The quantitative estimate of drug-likeness (QED) is 0.489. The van der Waals surface area contributed by atoms with Crippen LogP contribution in [-0.2, 0) is 0 Å². The summed E-state index contributed by atoms with van der Waals surface area (Å²) < 4.78 is 0. The van der Waals surface area contributed by atoms with Crippen molar-refractivity contribution >= 4 is 0 Å². The van der Waals surface area contributed by atoms with E-state index < -0.39 is 0 Å². The van der Waals surface area contributed by atoms with Gasteiger partial charge in [0, 0.05) is 0 Å². The molecule has 0 heterocycles. The van der Waals surface area contributed by atoms with Gasteiger partial charge in [0.2, 0.25) is 0 Å². The molecular formula is C12H24. The SMILES string of the molecule is C=C(CC)CCCC(C)CCC. The van der Waals surface area contributed by atoms with Crippen LogP contribution in [0.15, 0.2) is 12.2 Å². The maximum atomic E-state index is 4.02. The van der Waals surface area contributed by atoms with E-state index in [1.807, 2.05) is 0 Å². The van der Waals surface area contributed by atoms with Crippen molar-refractivity contribution in [1.82, 2.24) is 0 Å².